The SMILES string of the molecule is CCCN1C(=O)CC(Nc2cccc(Br)c2COC)C1=O. The zero-order valence-corrected chi connectivity index (χ0v) is 13.8. The van der Waals surface area contributed by atoms with E-state index < -0.39 is 6.04 Å². The van der Waals surface area contributed by atoms with Gasteiger partial charge in [0.05, 0.1) is 13.0 Å². The minimum absolute atomic E-state index is 0.109. The average molecular weight is 355 g/mol. The zero-order chi connectivity index (χ0) is 15.4. The van der Waals surface area contributed by atoms with Gasteiger partial charge in [0.1, 0.15) is 6.04 Å². The van der Waals surface area contributed by atoms with Crippen molar-refractivity contribution in [3.05, 3.63) is 28.2 Å². The van der Waals surface area contributed by atoms with Crippen LogP contribution in [0.2, 0.25) is 0 Å². The van der Waals surface area contributed by atoms with Crippen molar-refractivity contribution in [3.8, 4) is 0 Å². The number of nitrogens with zero attached hydrogens (tertiary/aromatic N) is 1. The van der Waals surface area contributed by atoms with Gasteiger partial charge in [-0.1, -0.05) is 28.9 Å². The molecule has 1 aliphatic rings. The predicted molar refractivity (Wildman–Crippen MR) is 83.9 cm³/mol. The first-order valence-corrected chi connectivity index (χ1v) is 7.74. The molecule has 0 aromatic heterocycles. The van der Waals surface area contributed by atoms with Gasteiger partial charge in [0.25, 0.3) is 5.91 Å². The third-order valence-corrected chi connectivity index (χ3v) is 4.17. The zero-order valence-electron chi connectivity index (χ0n) is 12.2. The van der Waals surface area contributed by atoms with Crippen molar-refractivity contribution >= 4 is 33.4 Å². The van der Waals surface area contributed by atoms with Crippen molar-refractivity contribution in [2.75, 3.05) is 19.0 Å². The molecule has 1 aliphatic heterocycles. The number of carbonyl (C=O) groups is 2. The minimum atomic E-state index is -0.492. The van der Waals surface area contributed by atoms with Crippen LogP contribution in [0.25, 0.3) is 0 Å². The van der Waals surface area contributed by atoms with E-state index in [2.05, 4.69) is 21.2 Å². The second kappa shape index (κ2) is 7.04. The number of hydrogen-bond acceptors (Lipinski definition) is 4. The highest BCUT2D eigenvalue weighted by atomic mass is 79.9. The van der Waals surface area contributed by atoms with Gasteiger partial charge in [-0.05, 0) is 18.6 Å². The van der Waals surface area contributed by atoms with Crippen LogP contribution in [-0.4, -0.2) is 36.4 Å². The number of rotatable bonds is 6. The summed E-state index contributed by atoms with van der Waals surface area (Å²) >= 11 is 3.48. The molecule has 0 radical (unpaired) electrons. The number of ether oxygens (including phenoxy) is 1. The monoisotopic (exact) mass is 354 g/mol. The van der Waals surface area contributed by atoms with Gasteiger partial charge in [0.15, 0.2) is 0 Å². The molecule has 0 bridgehead atoms. The lowest BCUT2D eigenvalue weighted by molar-refractivity contribution is -0.138. The molecule has 1 saturated heterocycles. The second-order valence-electron chi connectivity index (χ2n) is 4.98. The summed E-state index contributed by atoms with van der Waals surface area (Å²) in [5.41, 5.74) is 1.75. The van der Waals surface area contributed by atoms with E-state index in [0.29, 0.717) is 13.2 Å². The molecular formula is C15H19BrN2O3. The van der Waals surface area contributed by atoms with Crippen LogP contribution in [0.5, 0.6) is 0 Å². The number of anilines is 1. The number of likely N-dealkylation sites (tertiary alicyclic amines) is 1. The van der Waals surface area contributed by atoms with E-state index in [9.17, 15) is 9.59 Å². The average Bonchev–Trinajstić information content (AvgIpc) is 2.71. The Balaban J connectivity index is 2.18. The number of carbonyl (C=O) groups excluding carboxylic acids is 2. The Bertz CT molecular complexity index is 548. The molecule has 1 atom stereocenters. The quantitative estimate of drug-likeness (QED) is 0.797. The minimum Gasteiger partial charge on any atom is -0.380 e. The molecule has 0 aliphatic carbocycles. The first kappa shape index (κ1) is 16.0. The standard InChI is InChI=1S/C15H19BrN2O3/c1-3-7-18-14(19)8-13(15(18)20)17-12-6-4-5-11(16)10(12)9-21-2/h4-6,13,17H,3,7-9H2,1-2H3. The number of hydrogen-bond donors (Lipinski definition) is 1. The van der Waals surface area contributed by atoms with Gasteiger partial charge >= 0.3 is 0 Å². The highest BCUT2D eigenvalue weighted by Crippen LogP contribution is 2.28. The Morgan fingerprint density at radius 2 is 2.19 bits per heavy atom. The Kier molecular flexibility index (Phi) is 5.36. The van der Waals surface area contributed by atoms with Crippen molar-refractivity contribution < 1.29 is 14.3 Å². The maximum absolute atomic E-state index is 12.3. The van der Waals surface area contributed by atoms with Gasteiger partial charge in [0, 0.05) is 29.4 Å². The van der Waals surface area contributed by atoms with Crippen LogP contribution in [0.15, 0.2) is 22.7 Å². The van der Waals surface area contributed by atoms with Crippen molar-refractivity contribution in [2.45, 2.75) is 32.4 Å². The third-order valence-electron chi connectivity index (χ3n) is 3.43. The molecule has 2 amide bonds. The Morgan fingerprint density at radius 3 is 2.86 bits per heavy atom. The van der Waals surface area contributed by atoms with E-state index in [4.69, 9.17) is 4.74 Å². The molecule has 1 fully saturated rings. The number of imide groups is 1. The Morgan fingerprint density at radius 1 is 1.43 bits per heavy atom. The number of amides is 2. The van der Waals surface area contributed by atoms with Crippen LogP contribution in [0.1, 0.15) is 25.3 Å². The van der Waals surface area contributed by atoms with Gasteiger partial charge in [-0.3, -0.25) is 14.5 Å². The highest BCUT2D eigenvalue weighted by Gasteiger charge is 2.38. The number of methoxy groups -OCH3 is 1. The lowest BCUT2D eigenvalue weighted by Gasteiger charge is -2.18. The molecule has 6 heteroatoms. The molecule has 1 N–H and O–H groups in total. The summed E-state index contributed by atoms with van der Waals surface area (Å²) in [4.78, 5) is 25.5. The largest absolute Gasteiger partial charge is 0.380 e. The molecule has 114 valence electrons. The van der Waals surface area contributed by atoms with Gasteiger partial charge < -0.3 is 10.1 Å². The molecule has 1 aromatic rings. The maximum atomic E-state index is 12.3. The summed E-state index contributed by atoms with van der Waals surface area (Å²) in [5, 5.41) is 3.18. The first-order valence-electron chi connectivity index (χ1n) is 6.95. The summed E-state index contributed by atoms with van der Waals surface area (Å²) in [6.45, 7) is 2.86. The first-order chi connectivity index (χ1) is 10.1. The van der Waals surface area contributed by atoms with E-state index in [0.717, 1.165) is 22.1 Å². The van der Waals surface area contributed by atoms with Gasteiger partial charge in [-0.2, -0.15) is 0 Å². The van der Waals surface area contributed by atoms with Crippen molar-refractivity contribution in [1.82, 2.24) is 4.90 Å². The third kappa shape index (κ3) is 3.44. The van der Waals surface area contributed by atoms with Crippen molar-refractivity contribution in [3.63, 3.8) is 0 Å². The molecule has 2 rings (SSSR count). The van der Waals surface area contributed by atoms with Crippen LogP contribution in [0.3, 0.4) is 0 Å². The van der Waals surface area contributed by atoms with Gasteiger partial charge in [-0.15, -0.1) is 0 Å². The van der Waals surface area contributed by atoms with E-state index in [1.165, 1.54) is 4.90 Å². The smallest absolute Gasteiger partial charge is 0.252 e. The van der Waals surface area contributed by atoms with Crippen LogP contribution in [-0.2, 0) is 20.9 Å². The fourth-order valence-electron chi connectivity index (χ4n) is 2.43. The van der Waals surface area contributed by atoms with Crippen LogP contribution >= 0.6 is 15.9 Å². The molecule has 0 spiro atoms. The highest BCUT2D eigenvalue weighted by molar-refractivity contribution is 9.10. The summed E-state index contributed by atoms with van der Waals surface area (Å²) in [6.07, 6.45) is 0.980. The Hall–Kier alpha value is -1.40. The number of benzene rings is 1. The van der Waals surface area contributed by atoms with E-state index in [-0.39, 0.29) is 18.2 Å². The fraction of sp³-hybridized carbons (Fsp3) is 0.467. The van der Waals surface area contributed by atoms with E-state index in [1.54, 1.807) is 7.11 Å². The Labute approximate surface area is 132 Å². The van der Waals surface area contributed by atoms with Crippen LogP contribution in [0, 0.1) is 0 Å². The topological polar surface area (TPSA) is 58.6 Å². The van der Waals surface area contributed by atoms with E-state index >= 15 is 0 Å². The number of nitrogens with one attached hydrogen (secondary N) is 1. The molecule has 1 unspecified atom stereocenters. The summed E-state index contributed by atoms with van der Waals surface area (Å²) < 4.78 is 6.10. The molecule has 1 heterocycles. The molecular weight excluding hydrogens is 336 g/mol. The number of halogens is 1. The lowest BCUT2D eigenvalue weighted by Crippen LogP contribution is -2.35. The summed E-state index contributed by atoms with van der Waals surface area (Å²) in [7, 11) is 1.62. The van der Waals surface area contributed by atoms with Crippen molar-refractivity contribution in [1.29, 1.82) is 0 Å². The van der Waals surface area contributed by atoms with Gasteiger partial charge in [-0.25, -0.2) is 0 Å². The normalized spacial score (nSPS) is 18.4. The molecule has 21 heavy (non-hydrogen) atoms. The molecule has 0 saturated carbocycles. The molecule has 5 nitrogen and oxygen atoms in total. The van der Waals surface area contributed by atoms with Crippen molar-refractivity contribution in [2.24, 2.45) is 0 Å². The predicted octanol–water partition coefficient (Wildman–Crippen LogP) is 2.54. The van der Waals surface area contributed by atoms with Crippen LogP contribution < -0.4 is 5.32 Å². The summed E-state index contributed by atoms with van der Waals surface area (Å²) in [6, 6.07) is 5.20. The fourth-order valence-corrected chi connectivity index (χ4v) is 2.91. The van der Waals surface area contributed by atoms with Crippen LogP contribution in [0.4, 0.5) is 5.69 Å². The molecule has 1 aromatic carbocycles. The summed E-state index contributed by atoms with van der Waals surface area (Å²) in [5.74, 6) is -0.257. The van der Waals surface area contributed by atoms with E-state index in [1.807, 2.05) is 25.1 Å². The lowest BCUT2D eigenvalue weighted by atomic mass is 10.1. The second-order valence-corrected chi connectivity index (χ2v) is 5.84. The maximum Gasteiger partial charge on any atom is 0.252 e. The van der Waals surface area contributed by atoms with Gasteiger partial charge in [0.2, 0.25) is 5.91 Å².